The quantitative estimate of drug-likeness (QED) is 0.356. The van der Waals surface area contributed by atoms with Crippen molar-refractivity contribution in [3.8, 4) is 5.75 Å². The lowest BCUT2D eigenvalue weighted by Gasteiger charge is -2.31. The van der Waals surface area contributed by atoms with E-state index in [4.69, 9.17) is 0 Å². The van der Waals surface area contributed by atoms with Crippen molar-refractivity contribution in [2.24, 2.45) is 5.41 Å². The Hall–Kier alpha value is -1.73. The summed E-state index contributed by atoms with van der Waals surface area (Å²) in [7, 11) is -3.75. The van der Waals surface area contributed by atoms with Crippen molar-refractivity contribution in [2.45, 2.75) is 44.9 Å². The number of aryl methyl sites for hydroxylation is 1. The molecule has 0 bridgehead atoms. The van der Waals surface area contributed by atoms with E-state index in [0.29, 0.717) is 11.6 Å². The molecule has 0 amide bonds. The number of aromatic hydroxyl groups is 1. The summed E-state index contributed by atoms with van der Waals surface area (Å²) in [6, 6.07) is 4.20. The minimum absolute atomic E-state index is 0.00131. The Balaban J connectivity index is 1.87. The molecule has 0 aromatic carbocycles. The molecule has 0 radical (unpaired) electrons. The van der Waals surface area contributed by atoms with E-state index in [2.05, 4.69) is 63.9 Å². The maximum Gasteiger partial charge on any atom is 0.253 e. The number of hydrogen-bond donors (Lipinski definition) is 4. The molecule has 0 saturated carbocycles. The number of rotatable bonds is 8. The molecule has 4 N–H and O–H groups in total. The monoisotopic (exact) mass is 487 g/mol. The summed E-state index contributed by atoms with van der Waals surface area (Å²) in [6.07, 6.45) is 0. The van der Waals surface area contributed by atoms with Crippen LogP contribution in [0.4, 0.5) is 17.3 Å². The molecule has 0 aliphatic rings. The van der Waals surface area contributed by atoms with Crippen LogP contribution in [0.2, 0.25) is 0 Å². The molecule has 30 heavy (non-hydrogen) atoms. The molecular weight excluding hydrogens is 462 g/mol. The van der Waals surface area contributed by atoms with Crippen LogP contribution >= 0.6 is 34.4 Å². The van der Waals surface area contributed by atoms with Gasteiger partial charge < -0.3 is 15.7 Å². The number of nitrogens with one attached hydrogen (secondary N) is 3. The van der Waals surface area contributed by atoms with Gasteiger partial charge in [0.2, 0.25) is 0 Å². The van der Waals surface area contributed by atoms with Crippen molar-refractivity contribution in [2.75, 3.05) is 17.2 Å². The third-order valence-electron chi connectivity index (χ3n) is 4.25. The molecule has 1 atom stereocenters. The molecule has 0 unspecified atom stereocenters. The first-order chi connectivity index (χ1) is 14.0. The SMILES string of the molecule is CCNS(=O)(=O)c1scc(Nc2nsnc2N[C@@H](c2ccc(C)s2)C(C)(C)C)c1O. The van der Waals surface area contributed by atoms with E-state index in [1.165, 1.54) is 9.75 Å². The van der Waals surface area contributed by atoms with Gasteiger partial charge in [-0.25, -0.2) is 13.1 Å². The van der Waals surface area contributed by atoms with Crippen LogP contribution in [0.15, 0.2) is 21.7 Å². The highest BCUT2D eigenvalue weighted by Crippen LogP contribution is 2.42. The summed E-state index contributed by atoms with van der Waals surface area (Å²) in [5.41, 5.74) is 0.182. The second-order valence-corrected chi connectivity index (χ2v) is 12.5. The van der Waals surface area contributed by atoms with E-state index in [9.17, 15) is 13.5 Å². The first-order valence-electron chi connectivity index (χ1n) is 9.25. The van der Waals surface area contributed by atoms with Crippen molar-refractivity contribution in [3.63, 3.8) is 0 Å². The molecule has 12 heteroatoms. The van der Waals surface area contributed by atoms with Crippen molar-refractivity contribution >= 4 is 61.7 Å². The fourth-order valence-corrected chi connectivity index (χ4v) is 6.79. The molecule has 3 heterocycles. The highest BCUT2D eigenvalue weighted by Gasteiger charge is 2.30. The number of nitrogens with zero attached hydrogens (tertiary/aromatic N) is 2. The molecule has 8 nitrogen and oxygen atoms in total. The lowest BCUT2D eigenvalue weighted by atomic mass is 9.86. The molecule has 0 spiro atoms. The number of sulfonamides is 1. The topological polar surface area (TPSA) is 116 Å². The predicted octanol–water partition coefficient (Wildman–Crippen LogP) is 4.92. The smallest absolute Gasteiger partial charge is 0.253 e. The Morgan fingerprint density at radius 2 is 1.90 bits per heavy atom. The molecule has 164 valence electrons. The van der Waals surface area contributed by atoms with Crippen molar-refractivity contribution in [1.29, 1.82) is 0 Å². The molecule has 0 aliphatic heterocycles. The highest BCUT2D eigenvalue weighted by molar-refractivity contribution is 7.91. The number of thiophene rings is 2. The number of anilines is 3. The summed E-state index contributed by atoms with van der Waals surface area (Å²) in [4.78, 5) is 2.42. The normalized spacial score (nSPS) is 13.4. The van der Waals surface area contributed by atoms with Crippen LogP contribution in [0.25, 0.3) is 0 Å². The summed E-state index contributed by atoms with van der Waals surface area (Å²) in [5.74, 6) is 0.650. The fourth-order valence-electron chi connectivity index (χ4n) is 2.82. The minimum Gasteiger partial charge on any atom is -0.504 e. The average molecular weight is 488 g/mol. The largest absolute Gasteiger partial charge is 0.504 e. The zero-order chi connectivity index (χ0) is 22.1. The molecule has 0 aliphatic carbocycles. The van der Waals surface area contributed by atoms with E-state index in [-0.39, 0.29) is 33.6 Å². The summed E-state index contributed by atoms with van der Waals surface area (Å²) >= 11 is 3.70. The molecule has 0 fully saturated rings. The summed E-state index contributed by atoms with van der Waals surface area (Å²) < 4.78 is 35.3. The van der Waals surface area contributed by atoms with E-state index >= 15 is 0 Å². The van der Waals surface area contributed by atoms with E-state index in [1.54, 1.807) is 23.6 Å². The molecule has 3 aromatic heterocycles. The third kappa shape index (κ3) is 4.94. The highest BCUT2D eigenvalue weighted by atomic mass is 32.2. The molecular formula is C18H25N5O3S4. The van der Waals surface area contributed by atoms with E-state index in [0.717, 1.165) is 23.1 Å². The van der Waals surface area contributed by atoms with Gasteiger partial charge in [-0.2, -0.15) is 8.75 Å². The van der Waals surface area contributed by atoms with Crippen LogP contribution in [0.1, 0.15) is 43.5 Å². The lowest BCUT2D eigenvalue weighted by Crippen LogP contribution is -2.25. The van der Waals surface area contributed by atoms with Crippen LogP contribution in [-0.2, 0) is 10.0 Å². The van der Waals surface area contributed by atoms with Crippen molar-refractivity contribution in [3.05, 3.63) is 27.3 Å². The second kappa shape index (κ2) is 8.79. The average Bonchev–Trinajstić information content (AvgIpc) is 3.34. The van der Waals surface area contributed by atoms with Gasteiger partial charge in [-0.3, -0.25) is 0 Å². The fraction of sp³-hybridized carbons (Fsp3) is 0.444. The maximum absolute atomic E-state index is 12.2. The van der Waals surface area contributed by atoms with Gasteiger partial charge in [0.25, 0.3) is 10.0 Å². The van der Waals surface area contributed by atoms with Gasteiger partial charge in [0.1, 0.15) is 0 Å². The molecule has 0 saturated heterocycles. The Morgan fingerprint density at radius 3 is 2.50 bits per heavy atom. The molecule has 3 aromatic rings. The minimum atomic E-state index is -3.75. The van der Waals surface area contributed by atoms with Gasteiger partial charge in [0, 0.05) is 21.7 Å². The lowest BCUT2D eigenvalue weighted by molar-refractivity contribution is 0.351. The van der Waals surface area contributed by atoms with Gasteiger partial charge >= 0.3 is 0 Å². The zero-order valence-electron chi connectivity index (χ0n) is 17.3. The van der Waals surface area contributed by atoms with Crippen LogP contribution in [0.5, 0.6) is 5.75 Å². The van der Waals surface area contributed by atoms with Crippen LogP contribution in [-0.4, -0.2) is 28.8 Å². The standard InChI is InChI=1S/C18H25N5O3S4/c1-6-19-30(25,26)17-13(24)11(9-27-17)20-15-16(23-29-22-15)21-14(18(3,4)5)12-8-7-10(2)28-12/h7-9,14,19,24H,6H2,1-5H3,(H,20,22)(H,21,23)/t14-/m0/s1. The van der Waals surface area contributed by atoms with E-state index < -0.39 is 10.0 Å². The Kier molecular flexibility index (Phi) is 6.72. The Morgan fingerprint density at radius 1 is 1.20 bits per heavy atom. The second-order valence-electron chi connectivity index (χ2n) is 7.76. The first-order valence-corrected chi connectivity index (χ1v) is 13.2. The van der Waals surface area contributed by atoms with Crippen LogP contribution in [0, 0.1) is 12.3 Å². The Labute approximate surface area is 188 Å². The van der Waals surface area contributed by atoms with Gasteiger partial charge in [-0.15, -0.1) is 22.7 Å². The van der Waals surface area contributed by atoms with Crippen molar-refractivity contribution < 1.29 is 13.5 Å². The zero-order valence-corrected chi connectivity index (χ0v) is 20.6. The first kappa shape index (κ1) is 22.9. The van der Waals surface area contributed by atoms with Gasteiger partial charge in [0.05, 0.1) is 23.5 Å². The Bertz CT molecular complexity index is 1110. The van der Waals surface area contributed by atoms with Gasteiger partial charge in [0.15, 0.2) is 21.6 Å². The summed E-state index contributed by atoms with van der Waals surface area (Å²) in [6.45, 7) is 10.4. The maximum atomic E-state index is 12.2. The predicted molar refractivity (Wildman–Crippen MR) is 125 cm³/mol. The third-order valence-corrected chi connectivity index (χ3v) is 8.90. The van der Waals surface area contributed by atoms with Crippen LogP contribution < -0.4 is 15.4 Å². The van der Waals surface area contributed by atoms with Crippen molar-refractivity contribution in [1.82, 2.24) is 13.5 Å². The summed E-state index contributed by atoms with van der Waals surface area (Å²) in [5, 5.41) is 18.5. The van der Waals surface area contributed by atoms with Gasteiger partial charge in [-0.1, -0.05) is 27.7 Å². The van der Waals surface area contributed by atoms with E-state index in [1.807, 2.05) is 0 Å². The number of aromatic nitrogens is 2. The number of hydrogen-bond acceptors (Lipinski definition) is 10. The van der Waals surface area contributed by atoms with Gasteiger partial charge in [-0.05, 0) is 24.5 Å². The van der Waals surface area contributed by atoms with Crippen LogP contribution in [0.3, 0.4) is 0 Å². The molecule has 3 rings (SSSR count).